The lowest BCUT2D eigenvalue weighted by atomic mass is 10.2. The van der Waals surface area contributed by atoms with Crippen molar-refractivity contribution in [1.82, 2.24) is 4.31 Å². The normalized spacial score (nSPS) is 15.8. The Hall–Kier alpha value is -2.14. The molecule has 1 aliphatic rings. The first kappa shape index (κ1) is 21.6. The molecule has 0 atom stereocenters. The molecule has 0 saturated carbocycles. The molecule has 1 aliphatic heterocycles. The Morgan fingerprint density at radius 3 is 2.31 bits per heavy atom. The van der Waals surface area contributed by atoms with Gasteiger partial charge in [-0.05, 0) is 49.2 Å². The molecule has 2 aromatic rings. The number of carboxylic acids is 1. The van der Waals surface area contributed by atoms with Crippen LogP contribution < -0.4 is 4.72 Å². The Bertz CT molecular complexity index is 1140. The summed E-state index contributed by atoms with van der Waals surface area (Å²) in [6, 6.07) is 8.81. The number of rotatable bonds is 6. The Balaban J connectivity index is 1.90. The van der Waals surface area contributed by atoms with E-state index in [-0.39, 0.29) is 26.1 Å². The lowest BCUT2D eigenvalue weighted by molar-refractivity contribution is 0.0697. The summed E-state index contributed by atoms with van der Waals surface area (Å²) in [6.07, 6.45) is 2.55. The largest absolute Gasteiger partial charge is 0.478 e. The molecular weight excluding hydrogens is 440 g/mol. The molecule has 3 rings (SSSR count). The van der Waals surface area contributed by atoms with Crippen molar-refractivity contribution in [2.45, 2.75) is 29.1 Å². The van der Waals surface area contributed by atoms with Crippen molar-refractivity contribution in [3.63, 3.8) is 0 Å². The fourth-order valence-corrected chi connectivity index (χ4v) is 5.86. The predicted molar refractivity (Wildman–Crippen MR) is 108 cm³/mol. The number of hydrogen-bond acceptors (Lipinski definition) is 5. The van der Waals surface area contributed by atoms with Crippen LogP contribution in [0.3, 0.4) is 0 Å². The van der Waals surface area contributed by atoms with E-state index in [9.17, 15) is 21.6 Å². The van der Waals surface area contributed by atoms with Crippen molar-refractivity contribution in [3.8, 4) is 0 Å². The van der Waals surface area contributed by atoms with Crippen LogP contribution in [-0.4, -0.2) is 45.3 Å². The summed E-state index contributed by atoms with van der Waals surface area (Å²) in [7, 11) is -7.88. The van der Waals surface area contributed by atoms with Gasteiger partial charge in [-0.25, -0.2) is 21.6 Å². The maximum Gasteiger partial charge on any atom is 0.337 e. The first-order chi connectivity index (χ1) is 13.6. The number of carboxylic acid groups (broad SMARTS) is 1. The number of piperidine rings is 1. The SMILES string of the molecule is O=C(O)c1cc(S(=O)(=O)Nc2cccc(S(=O)(=O)N3CCCCC3)c2)ccc1Cl. The third-order valence-corrected chi connectivity index (χ3v) is 8.12. The highest BCUT2D eigenvalue weighted by molar-refractivity contribution is 7.92. The van der Waals surface area contributed by atoms with E-state index in [1.165, 1.54) is 40.7 Å². The quantitative estimate of drug-likeness (QED) is 0.686. The highest BCUT2D eigenvalue weighted by atomic mass is 35.5. The number of hydrogen-bond donors (Lipinski definition) is 2. The monoisotopic (exact) mass is 458 g/mol. The van der Waals surface area contributed by atoms with Crippen molar-refractivity contribution in [3.05, 3.63) is 53.1 Å². The molecule has 8 nitrogen and oxygen atoms in total. The summed E-state index contributed by atoms with van der Waals surface area (Å²) in [5.74, 6) is -1.36. The fraction of sp³-hybridized carbons (Fsp3) is 0.278. The molecule has 29 heavy (non-hydrogen) atoms. The van der Waals surface area contributed by atoms with E-state index < -0.39 is 26.0 Å². The second-order valence-corrected chi connectivity index (χ2v) is 10.6. The van der Waals surface area contributed by atoms with Crippen LogP contribution in [0.4, 0.5) is 5.69 Å². The van der Waals surface area contributed by atoms with Crippen LogP contribution >= 0.6 is 11.6 Å². The zero-order chi connectivity index (χ0) is 21.2. The number of sulfonamides is 2. The van der Waals surface area contributed by atoms with Gasteiger partial charge in [0.15, 0.2) is 0 Å². The Labute approximate surface area is 174 Å². The molecule has 2 N–H and O–H groups in total. The Kier molecular flexibility index (Phi) is 6.18. The summed E-state index contributed by atoms with van der Waals surface area (Å²) in [4.78, 5) is 10.9. The van der Waals surface area contributed by atoms with Crippen LogP contribution in [-0.2, 0) is 20.0 Å². The zero-order valence-electron chi connectivity index (χ0n) is 15.2. The average molecular weight is 459 g/mol. The molecule has 11 heteroatoms. The molecule has 156 valence electrons. The first-order valence-electron chi connectivity index (χ1n) is 8.77. The van der Waals surface area contributed by atoms with Gasteiger partial charge in [0.05, 0.1) is 26.1 Å². The molecule has 0 aromatic heterocycles. The highest BCUT2D eigenvalue weighted by Gasteiger charge is 2.26. The van der Waals surface area contributed by atoms with Gasteiger partial charge in [0.25, 0.3) is 10.0 Å². The van der Waals surface area contributed by atoms with Crippen LogP contribution in [0, 0.1) is 0 Å². The van der Waals surface area contributed by atoms with Crippen LogP contribution in [0.15, 0.2) is 52.3 Å². The van der Waals surface area contributed by atoms with Gasteiger partial charge < -0.3 is 5.11 Å². The lowest BCUT2D eigenvalue weighted by Crippen LogP contribution is -2.35. The van der Waals surface area contributed by atoms with Crippen LogP contribution in [0.5, 0.6) is 0 Å². The van der Waals surface area contributed by atoms with Gasteiger partial charge in [-0.2, -0.15) is 4.31 Å². The Morgan fingerprint density at radius 1 is 0.966 bits per heavy atom. The maximum absolute atomic E-state index is 12.8. The van der Waals surface area contributed by atoms with Gasteiger partial charge in [0, 0.05) is 13.1 Å². The molecule has 0 unspecified atom stereocenters. The van der Waals surface area contributed by atoms with E-state index >= 15 is 0 Å². The van der Waals surface area contributed by atoms with E-state index in [2.05, 4.69) is 4.72 Å². The van der Waals surface area contributed by atoms with Crippen molar-refractivity contribution < 1.29 is 26.7 Å². The zero-order valence-corrected chi connectivity index (χ0v) is 17.6. The maximum atomic E-state index is 12.8. The third kappa shape index (κ3) is 4.72. The van der Waals surface area contributed by atoms with Gasteiger partial charge in [0.2, 0.25) is 10.0 Å². The van der Waals surface area contributed by atoms with Gasteiger partial charge >= 0.3 is 5.97 Å². The second kappa shape index (κ2) is 8.31. The summed E-state index contributed by atoms with van der Waals surface area (Å²) in [5, 5.41) is 9.03. The van der Waals surface area contributed by atoms with Crippen molar-refractivity contribution in [2.24, 2.45) is 0 Å². The van der Waals surface area contributed by atoms with E-state index in [1.807, 2.05) is 0 Å². The molecule has 1 fully saturated rings. The molecule has 0 radical (unpaired) electrons. The minimum atomic E-state index is -4.15. The van der Waals surface area contributed by atoms with Crippen molar-refractivity contribution >= 4 is 43.3 Å². The minimum absolute atomic E-state index is 0.0121. The first-order valence-corrected chi connectivity index (χ1v) is 12.1. The van der Waals surface area contributed by atoms with E-state index in [1.54, 1.807) is 0 Å². The number of nitrogens with one attached hydrogen (secondary N) is 1. The van der Waals surface area contributed by atoms with Gasteiger partial charge in [0.1, 0.15) is 0 Å². The molecule has 1 heterocycles. The summed E-state index contributed by atoms with van der Waals surface area (Å²) < 4.78 is 54.6. The van der Waals surface area contributed by atoms with E-state index in [0.29, 0.717) is 13.1 Å². The number of nitrogens with zero attached hydrogens (tertiary/aromatic N) is 1. The third-order valence-electron chi connectivity index (χ3n) is 4.52. The predicted octanol–water partition coefficient (Wildman–Crippen LogP) is 3.01. The number of halogens is 1. The summed E-state index contributed by atoms with van der Waals surface area (Å²) in [5.41, 5.74) is -0.300. The van der Waals surface area contributed by atoms with Crippen molar-refractivity contribution in [1.29, 1.82) is 0 Å². The van der Waals surface area contributed by atoms with Crippen LogP contribution in [0.25, 0.3) is 0 Å². The molecule has 1 saturated heterocycles. The minimum Gasteiger partial charge on any atom is -0.478 e. The number of aromatic carboxylic acids is 1. The lowest BCUT2D eigenvalue weighted by Gasteiger charge is -2.26. The van der Waals surface area contributed by atoms with Gasteiger partial charge in [-0.1, -0.05) is 24.1 Å². The molecule has 0 spiro atoms. The summed E-state index contributed by atoms with van der Waals surface area (Å²) >= 11 is 5.78. The van der Waals surface area contributed by atoms with Gasteiger partial charge in [-0.15, -0.1) is 0 Å². The Morgan fingerprint density at radius 2 is 1.66 bits per heavy atom. The van der Waals surface area contributed by atoms with Crippen LogP contribution in [0.2, 0.25) is 5.02 Å². The summed E-state index contributed by atoms with van der Waals surface area (Å²) in [6.45, 7) is 0.863. The molecule has 0 aliphatic carbocycles. The number of anilines is 1. The molecule has 0 amide bonds. The molecule has 0 bridgehead atoms. The van der Waals surface area contributed by atoms with Crippen LogP contribution in [0.1, 0.15) is 29.6 Å². The average Bonchev–Trinajstić information content (AvgIpc) is 2.68. The van der Waals surface area contributed by atoms with Gasteiger partial charge in [-0.3, -0.25) is 4.72 Å². The fourth-order valence-electron chi connectivity index (χ4n) is 3.02. The smallest absolute Gasteiger partial charge is 0.337 e. The standard InChI is InChI=1S/C18H19ClN2O6S2/c19-17-8-7-14(12-16(17)18(22)23)28(24,25)20-13-5-4-6-15(11-13)29(26,27)21-9-2-1-3-10-21/h4-8,11-12,20H,1-3,9-10H2,(H,22,23). The highest BCUT2D eigenvalue weighted by Crippen LogP contribution is 2.26. The van der Waals surface area contributed by atoms with Crippen molar-refractivity contribution in [2.75, 3.05) is 17.8 Å². The van der Waals surface area contributed by atoms with E-state index in [0.717, 1.165) is 25.3 Å². The topological polar surface area (TPSA) is 121 Å². The molecule has 2 aromatic carbocycles. The van der Waals surface area contributed by atoms with E-state index in [4.69, 9.17) is 16.7 Å². The number of carbonyl (C=O) groups is 1. The number of benzene rings is 2. The second-order valence-electron chi connectivity index (χ2n) is 6.54. The molecular formula is C18H19ClN2O6S2.